The second kappa shape index (κ2) is 7.67. The van der Waals surface area contributed by atoms with E-state index in [4.69, 9.17) is 4.74 Å². The monoisotopic (exact) mass is 287 g/mol. The van der Waals surface area contributed by atoms with Gasteiger partial charge in [0.15, 0.2) is 11.5 Å². The van der Waals surface area contributed by atoms with Gasteiger partial charge in [0, 0.05) is 13.1 Å². The molecule has 1 unspecified atom stereocenters. The molecule has 1 atom stereocenters. The highest BCUT2D eigenvalue weighted by Gasteiger charge is 2.06. The maximum absolute atomic E-state index is 9.99. The molecule has 2 rings (SSSR count). The topological polar surface area (TPSA) is 61.7 Å². The van der Waals surface area contributed by atoms with E-state index in [2.05, 4.69) is 5.32 Å². The lowest BCUT2D eigenvalue weighted by molar-refractivity contribution is 0.171. The van der Waals surface area contributed by atoms with E-state index in [0.29, 0.717) is 25.3 Å². The number of aliphatic hydroxyl groups is 1. The Balaban J connectivity index is 1.77. The Morgan fingerprint density at radius 1 is 1.10 bits per heavy atom. The van der Waals surface area contributed by atoms with Crippen LogP contribution in [0.4, 0.5) is 0 Å². The lowest BCUT2D eigenvalue weighted by Gasteiger charge is -2.12. The first-order chi connectivity index (χ1) is 10.2. The summed E-state index contributed by atoms with van der Waals surface area (Å²) in [6.45, 7) is 1.09. The van der Waals surface area contributed by atoms with Gasteiger partial charge in [-0.3, -0.25) is 0 Å². The van der Waals surface area contributed by atoms with E-state index in [1.54, 1.807) is 12.1 Å². The Morgan fingerprint density at radius 3 is 2.52 bits per heavy atom. The number of methoxy groups -OCH3 is 1. The lowest BCUT2D eigenvalue weighted by atomic mass is 10.1. The fraction of sp³-hybridized carbons (Fsp3) is 0.294. The van der Waals surface area contributed by atoms with Gasteiger partial charge in [-0.05, 0) is 29.7 Å². The summed E-state index contributed by atoms with van der Waals surface area (Å²) in [5, 5.41) is 22.9. The van der Waals surface area contributed by atoms with Crippen LogP contribution in [0, 0.1) is 0 Å². The molecule has 0 bridgehead atoms. The Hall–Kier alpha value is -2.04. The van der Waals surface area contributed by atoms with Crippen LogP contribution < -0.4 is 10.1 Å². The van der Waals surface area contributed by atoms with Crippen LogP contribution in [0.5, 0.6) is 11.5 Å². The molecule has 2 aromatic rings. The SMILES string of the molecule is COc1ccc(CNCC(O)Cc2ccccc2)cc1O. The van der Waals surface area contributed by atoms with Crippen molar-refractivity contribution in [3.8, 4) is 11.5 Å². The molecule has 0 radical (unpaired) electrons. The van der Waals surface area contributed by atoms with E-state index in [-0.39, 0.29) is 5.75 Å². The summed E-state index contributed by atoms with van der Waals surface area (Å²) in [6, 6.07) is 15.2. The van der Waals surface area contributed by atoms with Gasteiger partial charge in [0.05, 0.1) is 13.2 Å². The summed E-state index contributed by atoms with van der Waals surface area (Å²) >= 11 is 0. The van der Waals surface area contributed by atoms with Crippen molar-refractivity contribution in [2.24, 2.45) is 0 Å². The van der Waals surface area contributed by atoms with Gasteiger partial charge in [-0.2, -0.15) is 0 Å². The number of benzene rings is 2. The maximum atomic E-state index is 9.99. The number of hydrogen-bond donors (Lipinski definition) is 3. The van der Waals surface area contributed by atoms with Gasteiger partial charge in [0.1, 0.15) is 0 Å². The number of hydrogen-bond acceptors (Lipinski definition) is 4. The van der Waals surface area contributed by atoms with E-state index < -0.39 is 6.10 Å². The molecule has 112 valence electrons. The molecule has 0 aliphatic carbocycles. The molecule has 2 aromatic carbocycles. The molecule has 0 saturated heterocycles. The molecule has 0 saturated carbocycles. The molecule has 4 nitrogen and oxygen atoms in total. The number of rotatable bonds is 7. The van der Waals surface area contributed by atoms with Gasteiger partial charge in [-0.25, -0.2) is 0 Å². The highest BCUT2D eigenvalue weighted by molar-refractivity contribution is 5.41. The van der Waals surface area contributed by atoms with E-state index in [1.807, 2.05) is 36.4 Å². The van der Waals surface area contributed by atoms with Crippen molar-refractivity contribution in [3.63, 3.8) is 0 Å². The minimum atomic E-state index is -0.431. The quantitative estimate of drug-likeness (QED) is 0.730. The number of aliphatic hydroxyl groups excluding tert-OH is 1. The zero-order valence-corrected chi connectivity index (χ0v) is 12.1. The summed E-state index contributed by atoms with van der Waals surface area (Å²) in [5.41, 5.74) is 2.06. The predicted molar refractivity (Wildman–Crippen MR) is 82.5 cm³/mol. The minimum Gasteiger partial charge on any atom is -0.504 e. The third kappa shape index (κ3) is 4.77. The second-order valence-electron chi connectivity index (χ2n) is 4.98. The van der Waals surface area contributed by atoms with Crippen LogP contribution in [0.15, 0.2) is 48.5 Å². The van der Waals surface area contributed by atoms with Crippen molar-refractivity contribution < 1.29 is 14.9 Å². The summed E-state index contributed by atoms with van der Waals surface area (Å²) in [6.07, 6.45) is 0.195. The van der Waals surface area contributed by atoms with Gasteiger partial charge in [0.2, 0.25) is 0 Å². The van der Waals surface area contributed by atoms with Gasteiger partial charge < -0.3 is 20.3 Å². The van der Waals surface area contributed by atoms with Crippen LogP contribution in [-0.4, -0.2) is 30.0 Å². The van der Waals surface area contributed by atoms with Crippen LogP contribution in [-0.2, 0) is 13.0 Å². The largest absolute Gasteiger partial charge is 0.504 e. The van der Waals surface area contributed by atoms with Crippen LogP contribution in [0.3, 0.4) is 0 Å². The number of phenols is 1. The van der Waals surface area contributed by atoms with Gasteiger partial charge in [0.25, 0.3) is 0 Å². The average molecular weight is 287 g/mol. The van der Waals surface area contributed by atoms with E-state index >= 15 is 0 Å². The Labute approximate surface area is 125 Å². The average Bonchev–Trinajstić information content (AvgIpc) is 2.48. The van der Waals surface area contributed by atoms with Crippen LogP contribution in [0.25, 0.3) is 0 Å². The van der Waals surface area contributed by atoms with E-state index in [1.165, 1.54) is 7.11 Å². The number of ether oxygens (including phenoxy) is 1. The van der Waals surface area contributed by atoms with Crippen molar-refractivity contribution >= 4 is 0 Å². The Bertz CT molecular complexity index is 557. The standard InChI is InChI=1S/C17H21NO3/c1-21-17-8-7-14(10-16(17)20)11-18-12-15(19)9-13-5-3-2-4-6-13/h2-8,10,15,18-20H,9,11-12H2,1H3. The normalized spacial score (nSPS) is 12.1. The third-order valence-electron chi connectivity index (χ3n) is 3.27. The van der Waals surface area contributed by atoms with Gasteiger partial charge in [-0.1, -0.05) is 36.4 Å². The highest BCUT2D eigenvalue weighted by atomic mass is 16.5. The summed E-state index contributed by atoms with van der Waals surface area (Å²) < 4.78 is 5.00. The first-order valence-corrected chi connectivity index (χ1v) is 6.97. The molecular weight excluding hydrogens is 266 g/mol. The van der Waals surface area contributed by atoms with Crippen LogP contribution >= 0.6 is 0 Å². The molecule has 0 aliphatic heterocycles. The van der Waals surface area contributed by atoms with Crippen molar-refractivity contribution in [2.45, 2.75) is 19.1 Å². The van der Waals surface area contributed by atoms with Crippen LogP contribution in [0.2, 0.25) is 0 Å². The summed E-state index contributed by atoms with van der Waals surface area (Å²) in [7, 11) is 1.52. The zero-order chi connectivity index (χ0) is 15.1. The number of nitrogens with one attached hydrogen (secondary N) is 1. The molecule has 0 amide bonds. The molecular formula is C17H21NO3. The molecule has 0 heterocycles. The van der Waals surface area contributed by atoms with Crippen molar-refractivity contribution in [1.82, 2.24) is 5.32 Å². The van der Waals surface area contributed by atoms with Crippen LogP contribution in [0.1, 0.15) is 11.1 Å². The van der Waals surface area contributed by atoms with Crippen molar-refractivity contribution in [1.29, 1.82) is 0 Å². The summed E-state index contributed by atoms with van der Waals surface area (Å²) in [4.78, 5) is 0. The number of aromatic hydroxyl groups is 1. The lowest BCUT2D eigenvalue weighted by Crippen LogP contribution is -2.28. The molecule has 0 aliphatic rings. The highest BCUT2D eigenvalue weighted by Crippen LogP contribution is 2.25. The molecule has 0 spiro atoms. The zero-order valence-electron chi connectivity index (χ0n) is 12.1. The molecule has 4 heteroatoms. The summed E-state index contributed by atoms with van der Waals surface area (Å²) in [5.74, 6) is 0.587. The minimum absolute atomic E-state index is 0.127. The fourth-order valence-corrected chi connectivity index (χ4v) is 2.19. The predicted octanol–water partition coefficient (Wildman–Crippen LogP) is 2.09. The Kier molecular flexibility index (Phi) is 5.60. The number of phenolic OH excluding ortho intramolecular Hbond substituents is 1. The first kappa shape index (κ1) is 15.4. The third-order valence-corrected chi connectivity index (χ3v) is 3.27. The first-order valence-electron chi connectivity index (χ1n) is 6.97. The van der Waals surface area contributed by atoms with E-state index in [0.717, 1.165) is 11.1 Å². The molecule has 21 heavy (non-hydrogen) atoms. The van der Waals surface area contributed by atoms with Crippen molar-refractivity contribution in [3.05, 3.63) is 59.7 Å². The van der Waals surface area contributed by atoms with Gasteiger partial charge in [-0.15, -0.1) is 0 Å². The second-order valence-corrected chi connectivity index (χ2v) is 4.98. The smallest absolute Gasteiger partial charge is 0.160 e. The fourth-order valence-electron chi connectivity index (χ4n) is 2.19. The molecule has 3 N–H and O–H groups in total. The van der Waals surface area contributed by atoms with Gasteiger partial charge >= 0.3 is 0 Å². The van der Waals surface area contributed by atoms with E-state index in [9.17, 15) is 10.2 Å². The Morgan fingerprint density at radius 2 is 1.86 bits per heavy atom. The molecule has 0 fully saturated rings. The molecule has 0 aromatic heterocycles. The maximum Gasteiger partial charge on any atom is 0.160 e. The van der Waals surface area contributed by atoms with Crippen molar-refractivity contribution in [2.75, 3.05) is 13.7 Å².